The van der Waals surface area contributed by atoms with Crippen LogP contribution in [0.15, 0.2) is 18.5 Å². The van der Waals surface area contributed by atoms with Gasteiger partial charge in [0.15, 0.2) is 24.0 Å². The molecule has 0 spiro atoms. The number of alkyl halides is 1. The van der Waals surface area contributed by atoms with Gasteiger partial charge < -0.3 is 25.4 Å². The number of aliphatic carboxylic acids is 2. The first kappa shape index (κ1) is 23.9. The van der Waals surface area contributed by atoms with Gasteiger partial charge in [0, 0.05) is 17.7 Å². The number of carbonyl (C=O) groups is 3. The van der Waals surface area contributed by atoms with E-state index in [9.17, 15) is 29.0 Å². The molecule has 3 unspecified atom stereocenters. The minimum absolute atomic E-state index is 0.000974. The van der Waals surface area contributed by atoms with E-state index in [0.29, 0.717) is 16.0 Å². The Labute approximate surface area is 199 Å². The molecule has 34 heavy (non-hydrogen) atoms. The number of imidazole rings is 1. The molecule has 1 aliphatic heterocycles. The highest BCUT2D eigenvalue weighted by Crippen LogP contribution is 2.35. The maximum atomic E-state index is 14.9. The molecule has 4 N–H and O–H groups in total. The number of ether oxygens (including phenoxy) is 2. The van der Waals surface area contributed by atoms with E-state index >= 15 is 0 Å². The van der Waals surface area contributed by atoms with Crippen LogP contribution in [0.4, 0.5) is 10.2 Å². The smallest absolute Gasteiger partial charge is 0.348 e. The Hall–Kier alpha value is -3.20. The highest BCUT2D eigenvalue weighted by atomic mass is 35.5. The van der Waals surface area contributed by atoms with Gasteiger partial charge in [0.2, 0.25) is 5.28 Å². The van der Waals surface area contributed by atoms with Crippen molar-refractivity contribution in [1.82, 2.24) is 19.5 Å². The van der Waals surface area contributed by atoms with E-state index in [0.717, 1.165) is 11.3 Å². The number of carbonyl (C=O) groups excluding carboxylic acids is 1. The first-order chi connectivity index (χ1) is 16.1. The summed E-state index contributed by atoms with van der Waals surface area (Å²) >= 11 is 6.78. The summed E-state index contributed by atoms with van der Waals surface area (Å²) in [5.74, 6) is -3.48. The predicted octanol–water partition coefficient (Wildman–Crippen LogP) is 1.73. The molecule has 4 heterocycles. The fourth-order valence-electron chi connectivity index (χ4n) is 3.60. The van der Waals surface area contributed by atoms with Crippen molar-refractivity contribution in [2.24, 2.45) is 0 Å². The zero-order chi connectivity index (χ0) is 24.6. The van der Waals surface area contributed by atoms with Crippen LogP contribution >= 0.6 is 22.9 Å². The molecule has 0 bridgehead atoms. The molecule has 0 aliphatic carbocycles. The molecule has 1 aliphatic rings. The number of nitrogen functional groups attached to an aromatic ring is 1. The van der Waals surface area contributed by atoms with Crippen LogP contribution in [-0.2, 0) is 25.5 Å². The van der Waals surface area contributed by atoms with Crippen LogP contribution in [0.2, 0.25) is 5.28 Å². The van der Waals surface area contributed by atoms with Crippen molar-refractivity contribution in [3.8, 4) is 0 Å². The van der Waals surface area contributed by atoms with Gasteiger partial charge in [-0.2, -0.15) is 9.97 Å². The summed E-state index contributed by atoms with van der Waals surface area (Å²) in [6.07, 6.45) is -2.67. The number of halogens is 2. The van der Waals surface area contributed by atoms with E-state index in [-0.39, 0.29) is 28.7 Å². The van der Waals surface area contributed by atoms with E-state index in [1.807, 2.05) is 0 Å². The standard InChI is InChI=1S/C19H17ClFN5O7S/c20-18-24-13(22)12-14(25-18)26(7-23-12)15-11(21)3-8(33-15)6-32-19(16(28)29,17(30)31)4-9-1-2-10(5-27)34-9/h1-2,5,7-8,11,15H,3-4,6H2,(H,28,29)(H,30,31)(H2,22,24,25). The highest BCUT2D eigenvalue weighted by Gasteiger charge is 2.50. The Kier molecular flexibility index (Phi) is 6.49. The summed E-state index contributed by atoms with van der Waals surface area (Å²) < 4.78 is 27.2. The predicted molar refractivity (Wildman–Crippen MR) is 116 cm³/mol. The number of aldehydes is 1. The van der Waals surface area contributed by atoms with E-state index in [4.69, 9.17) is 26.8 Å². The van der Waals surface area contributed by atoms with Crippen molar-refractivity contribution < 1.29 is 38.5 Å². The van der Waals surface area contributed by atoms with Crippen LogP contribution < -0.4 is 5.73 Å². The maximum Gasteiger partial charge on any atom is 0.348 e. The molecule has 3 aromatic heterocycles. The molecule has 0 aromatic carbocycles. The molecular weight excluding hydrogens is 497 g/mol. The number of nitrogens with two attached hydrogens (primary N) is 1. The maximum absolute atomic E-state index is 14.9. The number of fused-ring (bicyclic) bond motifs is 1. The van der Waals surface area contributed by atoms with Crippen molar-refractivity contribution in [2.45, 2.75) is 36.9 Å². The summed E-state index contributed by atoms with van der Waals surface area (Å²) in [5, 5.41) is 19.2. The van der Waals surface area contributed by atoms with E-state index in [2.05, 4.69) is 15.0 Å². The molecule has 0 radical (unpaired) electrons. The highest BCUT2D eigenvalue weighted by molar-refractivity contribution is 7.13. The summed E-state index contributed by atoms with van der Waals surface area (Å²) in [5.41, 5.74) is 3.44. The van der Waals surface area contributed by atoms with Crippen molar-refractivity contribution in [2.75, 3.05) is 12.3 Å². The van der Waals surface area contributed by atoms with Gasteiger partial charge in [-0.05, 0) is 23.7 Å². The quantitative estimate of drug-likeness (QED) is 0.215. The van der Waals surface area contributed by atoms with E-state index in [1.165, 1.54) is 23.0 Å². The number of rotatable bonds is 9. The molecule has 4 rings (SSSR count). The second kappa shape index (κ2) is 9.21. The second-order valence-electron chi connectivity index (χ2n) is 7.45. The van der Waals surface area contributed by atoms with Gasteiger partial charge >= 0.3 is 11.9 Å². The Morgan fingerprint density at radius 2 is 2.12 bits per heavy atom. The van der Waals surface area contributed by atoms with Crippen LogP contribution in [0.5, 0.6) is 0 Å². The lowest BCUT2D eigenvalue weighted by Gasteiger charge is -2.26. The molecule has 15 heteroatoms. The lowest BCUT2D eigenvalue weighted by atomic mass is 9.98. The van der Waals surface area contributed by atoms with E-state index < -0.39 is 49.1 Å². The van der Waals surface area contributed by atoms with Crippen molar-refractivity contribution in [3.63, 3.8) is 0 Å². The number of nitrogens with zero attached hydrogens (tertiary/aromatic N) is 4. The summed E-state index contributed by atoms with van der Waals surface area (Å²) in [6, 6.07) is 2.89. The van der Waals surface area contributed by atoms with E-state index in [1.54, 1.807) is 0 Å². The van der Waals surface area contributed by atoms with Crippen LogP contribution in [0, 0.1) is 0 Å². The number of anilines is 1. The minimum atomic E-state index is -2.66. The SMILES string of the molecule is Nc1nc(Cl)nc2c1ncn2C1OC(COC(Cc2ccc(C=O)s2)(C(=O)O)C(=O)O)CC1F. The van der Waals surface area contributed by atoms with Gasteiger partial charge in [-0.15, -0.1) is 11.3 Å². The first-order valence-corrected chi connectivity index (χ1v) is 10.9. The molecule has 0 amide bonds. The Morgan fingerprint density at radius 1 is 1.38 bits per heavy atom. The van der Waals surface area contributed by atoms with Crippen molar-refractivity contribution >= 4 is 58.1 Å². The van der Waals surface area contributed by atoms with Gasteiger partial charge in [-0.25, -0.2) is 19.0 Å². The van der Waals surface area contributed by atoms with Crippen molar-refractivity contribution in [3.05, 3.63) is 33.5 Å². The average Bonchev–Trinajstić information content (AvgIpc) is 3.48. The zero-order valence-corrected chi connectivity index (χ0v) is 18.7. The van der Waals surface area contributed by atoms with Crippen molar-refractivity contribution in [1.29, 1.82) is 0 Å². The Morgan fingerprint density at radius 3 is 2.76 bits per heavy atom. The molecule has 1 fully saturated rings. The fraction of sp³-hybridized carbons (Fsp3) is 0.368. The second-order valence-corrected chi connectivity index (χ2v) is 8.99. The largest absolute Gasteiger partial charge is 0.479 e. The lowest BCUT2D eigenvalue weighted by Crippen LogP contribution is -2.52. The number of hydrogen-bond donors (Lipinski definition) is 3. The Bertz CT molecular complexity index is 1250. The van der Waals surface area contributed by atoms with Gasteiger partial charge in [-0.3, -0.25) is 9.36 Å². The third-order valence-corrected chi connectivity index (χ3v) is 6.43. The third kappa shape index (κ3) is 4.32. The van der Waals surface area contributed by atoms with Gasteiger partial charge in [0.05, 0.1) is 23.9 Å². The molecule has 1 saturated heterocycles. The topological polar surface area (TPSA) is 180 Å². The van der Waals surface area contributed by atoms with Gasteiger partial charge in [0.25, 0.3) is 5.60 Å². The number of hydrogen-bond acceptors (Lipinski definition) is 10. The number of thiophene rings is 1. The van der Waals surface area contributed by atoms with Gasteiger partial charge in [0.1, 0.15) is 11.7 Å². The van der Waals surface area contributed by atoms with Crippen LogP contribution in [-0.4, -0.2) is 72.4 Å². The molecule has 0 saturated carbocycles. The monoisotopic (exact) mass is 513 g/mol. The first-order valence-electron chi connectivity index (χ1n) is 9.74. The normalized spacial score (nSPS) is 20.6. The number of aromatic nitrogens is 4. The van der Waals surface area contributed by atoms with Gasteiger partial charge in [-0.1, -0.05) is 0 Å². The zero-order valence-electron chi connectivity index (χ0n) is 17.1. The molecule has 180 valence electrons. The number of carboxylic acid groups (broad SMARTS) is 2. The van der Waals surface area contributed by atoms with Crippen LogP contribution in [0.25, 0.3) is 11.2 Å². The molecule has 12 nitrogen and oxygen atoms in total. The summed E-state index contributed by atoms with van der Waals surface area (Å²) in [4.78, 5) is 47.2. The lowest BCUT2D eigenvalue weighted by molar-refractivity contribution is -0.188. The molecular formula is C19H17ClFN5O7S. The summed E-state index contributed by atoms with van der Waals surface area (Å²) in [7, 11) is 0. The fourth-order valence-corrected chi connectivity index (χ4v) is 4.67. The number of carboxylic acids is 2. The van der Waals surface area contributed by atoms with Crippen LogP contribution in [0.3, 0.4) is 0 Å². The minimum Gasteiger partial charge on any atom is -0.479 e. The average molecular weight is 514 g/mol. The summed E-state index contributed by atoms with van der Waals surface area (Å²) in [6.45, 7) is -0.522. The van der Waals surface area contributed by atoms with Crippen LogP contribution in [0.1, 0.15) is 27.2 Å². The Balaban J connectivity index is 1.52. The molecule has 3 atom stereocenters. The third-order valence-electron chi connectivity index (χ3n) is 5.25. The molecule has 3 aromatic rings.